The van der Waals surface area contributed by atoms with Crippen molar-refractivity contribution in [3.8, 4) is 0 Å². The van der Waals surface area contributed by atoms with Crippen molar-refractivity contribution < 1.29 is 9.30 Å². The average Bonchev–Trinajstić information content (AvgIpc) is 3.18. The fraction of sp³-hybridized carbons (Fsp3) is 0.333. The van der Waals surface area contributed by atoms with Gasteiger partial charge < -0.3 is 9.30 Å². The zero-order chi connectivity index (χ0) is 16.6. The molecule has 0 saturated heterocycles. The van der Waals surface area contributed by atoms with Crippen molar-refractivity contribution in [1.29, 1.82) is 0 Å². The first-order chi connectivity index (χ1) is 11.7. The van der Waals surface area contributed by atoms with E-state index < -0.39 is 7.14 Å². The molecule has 24 heavy (non-hydrogen) atoms. The SMILES string of the molecule is COC1=C(c2ccccc2)[P@](=O)(Cc2ccccc2)[C@@H]2CCC[C@H]12. The van der Waals surface area contributed by atoms with Gasteiger partial charge in [-0.3, -0.25) is 0 Å². The van der Waals surface area contributed by atoms with Gasteiger partial charge in [-0.1, -0.05) is 67.1 Å². The number of fused-ring (bicyclic) bond motifs is 1. The molecule has 0 spiro atoms. The van der Waals surface area contributed by atoms with Gasteiger partial charge in [0.25, 0.3) is 0 Å². The molecule has 1 heterocycles. The van der Waals surface area contributed by atoms with Crippen LogP contribution in [0, 0.1) is 5.92 Å². The number of allylic oxidation sites excluding steroid dienone is 1. The molecule has 0 unspecified atom stereocenters. The van der Waals surface area contributed by atoms with Crippen molar-refractivity contribution in [2.45, 2.75) is 31.1 Å². The fourth-order valence-corrected chi connectivity index (χ4v) is 8.69. The Kier molecular flexibility index (Phi) is 4.10. The fourth-order valence-electron chi connectivity index (χ4n) is 4.53. The lowest BCUT2D eigenvalue weighted by molar-refractivity contribution is 0.250. The van der Waals surface area contributed by atoms with Crippen LogP contribution in [0.5, 0.6) is 0 Å². The van der Waals surface area contributed by atoms with E-state index in [0.717, 1.165) is 41.5 Å². The zero-order valence-electron chi connectivity index (χ0n) is 14.0. The second-order valence-corrected chi connectivity index (χ2v) is 9.84. The smallest absolute Gasteiger partial charge is 0.127 e. The highest BCUT2D eigenvalue weighted by molar-refractivity contribution is 7.74. The molecular weight excluding hydrogens is 315 g/mol. The van der Waals surface area contributed by atoms with E-state index in [-0.39, 0.29) is 5.66 Å². The number of hydrogen-bond donors (Lipinski definition) is 0. The molecule has 0 radical (unpaired) electrons. The first-order valence-electron chi connectivity index (χ1n) is 8.71. The minimum absolute atomic E-state index is 0.253. The lowest BCUT2D eigenvalue weighted by Gasteiger charge is -2.23. The predicted octanol–water partition coefficient (Wildman–Crippen LogP) is 5.75. The van der Waals surface area contributed by atoms with E-state index in [2.05, 4.69) is 24.3 Å². The average molecular weight is 338 g/mol. The van der Waals surface area contributed by atoms with E-state index in [0.29, 0.717) is 12.1 Å². The number of methoxy groups -OCH3 is 1. The first kappa shape index (κ1) is 15.7. The van der Waals surface area contributed by atoms with Gasteiger partial charge in [-0.2, -0.15) is 0 Å². The first-order valence-corrected chi connectivity index (χ1v) is 10.7. The van der Waals surface area contributed by atoms with Gasteiger partial charge in [0.2, 0.25) is 0 Å². The summed E-state index contributed by atoms with van der Waals surface area (Å²) in [4.78, 5) is 0. The Balaban J connectivity index is 1.86. The van der Waals surface area contributed by atoms with Crippen LogP contribution in [0.4, 0.5) is 0 Å². The van der Waals surface area contributed by atoms with Crippen LogP contribution < -0.4 is 0 Å². The largest absolute Gasteiger partial charge is 0.500 e. The minimum atomic E-state index is -2.55. The quantitative estimate of drug-likeness (QED) is 0.664. The molecule has 1 fully saturated rings. The van der Waals surface area contributed by atoms with Crippen LogP contribution in [-0.4, -0.2) is 12.8 Å². The predicted molar refractivity (Wildman–Crippen MR) is 99.3 cm³/mol. The number of hydrogen-bond acceptors (Lipinski definition) is 2. The van der Waals surface area contributed by atoms with E-state index >= 15 is 0 Å². The summed E-state index contributed by atoms with van der Waals surface area (Å²) in [6, 6.07) is 20.5. The topological polar surface area (TPSA) is 26.3 Å². The van der Waals surface area contributed by atoms with E-state index in [1.165, 1.54) is 0 Å². The summed E-state index contributed by atoms with van der Waals surface area (Å²) >= 11 is 0. The van der Waals surface area contributed by atoms with Crippen LogP contribution in [-0.2, 0) is 15.5 Å². The summed E-state index contributed by atoms with van der Waals surface area (Å²) in [6.45, 7) is 0. The van der Waals surface area contributed by atoms with Crippen LogP contribution >= 0.6 is 7.14 Å². The van der Waals surface area contributed by atoms with Crippen molar-refractivity contribution in [3.05, 3.63) is 77.5 Å². The van der Waals surface area contributed by atoms with Crippen molar-refractivity contribution in [2.75, 3.05) is 7.11 Å². The third-order valence-corrected chi connectivity index (χ3v) is 9.25. The maximum absolute atomic E-state index is 14.4. The Hall–Kier alpha value is -1.79. The Bertz CT molecular complexity index is 795. The third-order valence-electron chi connectivity index (χ3n) is 5.49. The monoisotopic (exact) mass is 338 g/mol. The molecule has 1 aliphatic carbocycles. The van der Waals surface area contributed by atoms with Crippen LogP contribution in [0.3, 0.4) is 0 Å². The van der Waals surface area contributed by atoms with Crippen LogP contribution in [0.15, 0.2) is 66.4 Å². The second-order valence-electron chi connectivity index (χ2n) is 6.83. The molecule has 3 atom stereocenters. The molecule has 1 aliphatic heterocycles. The van der Waals surface area contributed by atoms with Crippen molar-refractivity contribution in [1.82, 2.24) is 0 Å². The molecule has 1 saturated carbocycles. The molecule has 0 aromatic heterocycles. The van der Waals surface area contributed by atoms with Crippen molar-refractivity contribution >= 4 is 12.5 Å². The van der Waals surface area contributed by atoms with Gasteiger partial charge in [-0.25, -0.2) is 0 Å². The Labute approximate surface area is 143 Å². The molecular formula is C21H23O2P. The lowest BCUT2D eigenvalue weighted by Crippen LogP contribution is -2.11. The molecule has 2 aromatic carbocycles. The lowest BCUT2D eigenvalue weighted by atomic mass is 10.0. The van der Waals surface area contributed by atoms with Crippen LogP contribution in [0.1, 0.15) is 30.4 Å². The Morgan fingerprint density at radius 1 is 1.00 bits per heavy atom. The highest BCUT2D eigenvalue weighted by Gasteiger charge is 2.53. The van der Waals surface area contributed by atoms with Gasteiger partial charge in [-0.05, 0) is 24.0 Å². The molecule has 2 nitrogen and oxygen atoms in total. The highest BCUT2D eigenvalue weighted by atomic mass is 31.2. The maximum atomic E-state index is 14.4. The highest BCUT2D eigenvalue weighted by Crippen LogP contribution is 2.75. The molecule has 124 valence electrons. The summed E-state index contributed by atoms with van der Waals surface area (Å²) in [5.74, 6) is 1.32. The number of benzene rings is 2. The van der Waals surface area contributed by atoms with E-state index in [9.17, 15) is 4.57 Å². The molecule has 0 bridgehead atoms. The molecule has 3 heteroatoms. The Morgan fingerprint density at radius 2 is 1.67 bits per heavy atom. The van der Waals surface area contributed by atoms with Crippen molar-refractivity contribution in [3.63, 3.8) is 0 Å². The van der Waals surface area contributed by atoms with Crippen molar-refractivity contribution in [2.24, 2.45) is 5.92 Å². The second kappa shape index (κ2) is 6.26. The van der Waals surface area contributed by atoms with Gasteiger partial charge >= 0.3 is 0 Å². The van der Waals surface area contributed by atoms with E-state index in [1.807, 2.05) is 36.4 Å². The summed E-state index contributed by atoms with van der Waals surface area (Å²) < 4.78 is 20.2. The summed E-state index contributed by atoms with van der Waals surface area (Å²) in [6.07, 6.45) is 3.95. The molecule has 2 aromatic rings. The summed E-state index contributed by atoms with van der Waals surface area (Å²) in [7, 11) is -0.804. The Morgan fingerprint density at radius 3 is 2.33 bits per heavy atom. The third kappa shape index (κ3) is 2.45. The van der Waals surface area contributed by atoms with Gasteiger partial charge in [0.05, 0.1) is 12.4 Å². The maximum Gasteiger partial charge on any atom is 0.127 e. The molecule has 4 rings (SSSR count). The van der Waals surface area contributed by atoms with Crippen LogP contribution in [0.25, 0.3) is 5.31 Å². The molecule has 2 aliphatic rings. The van der Waals surface area contributed by atoms with Gasteiger partial charge in [0.1, 0.15) is 12.9 Å². The van der Waals surface area contributed by atoms with Gasteiger partial charge in [0, 0.05) is 17.7 Å². The normalized spacial score (nSPS) is 28.9. The number of ether oxygens (including phenoxy) is 1. The summed E-state index contributed by atoms with van der Waals surface area (Å²) in [5.41, 5.74) is 2.49. The number of rotatable bonds is 4. The van der Waals surface area contributed by atoms with E-state index in [1.54, 1.807) is 7.11 Å². The van der Waals surface area contributed by atoms with Crippen LogP contribution in [0.2, 0.25) is 0 Å². The standard InChI is InChI=1S/C21H23O2P/c1-23-20-18-13-8-14-19(18)24(22,15-16-9-4-2-5-10-16)21(20)17-11-6-3-7-12-17/h2-7,9-12,18-19H,8,13-15H2,1H3/t18-,19+,24-/m0/s1. The van der Waals surface area contributed by atoms with Gasteiger partial charge in [0.15, 0.2) is 0 Å². The van der Waals surface area contributed by atoms with Gasteiger partial charge in [-0.15, -0.1) is 0 Å². The zero-order valence-corrected chi connectivity index (χ0v) is 14.9. The summed E-state index contributed by atoms with van der Waals surface area (Å²) in [5, 5.41) is 1.00. The molecule has 0 N–H and O–H groups in total. The minimum Gasteiger partial charge on any atom is -0.500 e. The molecule has 0 amide bonds. The van der Waals surface area contributed by atoms with E-state index in [4.69, 9.17) is 4.74 Å².